The van der Waals surface area contributed by atoms with Gasteiger partial charge in [-0.25, -0.2) is 4.98 Å². The quantitative estimate of drug-likeness (QED) is 0.701. The summed E-state index contributed by atoms with van der Waals surface area (Å²) in [5.41, 5.74) is 0. The zero-order chi connectivity index (χ0) is 15.2. The third-order valence-corrected chi connectivity index (χ3v) is 3.96. The molecule has 2 rings (SSSR count). The first kappa shape index (κ1) is 16.1. The Morgan fingerprint density at radius 1 is 1.14 bits per heavy atom. The molecule has 21 heavy (non-hydrogen) atoms. The smallest absolute Gasteiger partial charge is 0.143 e. The molecular weight excluding hydrogens is 400 g/mol. The van der Waals surface area contributed by atoms with Crippen LogP contribution in [-0.4, -0.2) is 18.6 Å². The van der Waals surface area contributed by atoms with Gasteiger partial charge in [-0.15, -0.1) is 0 Å². The highest BCUT2D eigenvalue weighted by Crippen LogP contribution is 2.38. The van der Waals surface area contributed by atoms with Crippen LogP contribution in [0.2, 0.25) is 0 Å². The fraction of sp³-hybridized carbons (Fsp3) is 0.267. The molecule has 0 spiro atoms. The lowest BCUT2D eigenvalue weighted by atomic mass is 10.3. The molecule has 0 aliphatic heterocycles. The SMILES string of the molecule is CCCNc1cc(Oc2cc(Br)c(OC)cc2Br)ccn1. The molecule has 6 heteroatoms. The largest absolute Gasteiger partial charge is 0.496 e. The van der Waals surface area contributed by atoms with Crippen LogP contribution in [0, 0.1) is 0 Å². The molecule has 1 N–H and O–H groups in total. The van der Waals surface area contributed by atoms with Crippen LogP contribution in [0.15, 0.2) is 39.4 Å². The lowest BCUT2D eigenvalue weighted by Crippen LogP contribution is -2.01. The molecule has 1 aromatic heterocycles. The first-order valence-electron chi connectivity index (χ1n) is 6.55. The summed E-state index contributed by atoms with van der Waals surface area (Å²) in [4.78, 5) is 4.25. The molecule has 0 unspecified atom stereocenters. The first-order chi connectivity index (χ1) is 10.1. The zero-order valence-corrected chi connectivity index (χ0v) is 15.0. The summed E-state index contributed by atoms with van der Waals surface area (Å²) in [7, 11) is 1.63. The fourth-order valence-corrected chi connectivity index (χ4v) is 2.58. The van der Waals surface area contributed by atoms with Gasteiger partial charge in [0, 0.05) is 18.8 Å². The maximum atomic E-state index is 5.90. The fourth-order valence-electron chi connectivity index (χ4n) is 1.70. The van der Waals surface area contributed by atoms with Crippen LogP contribution in [0.5, 0.6) is 17.2 Å². The summed E-state index contributed by atoms with van der Waals surface area (Å²) >= 11 is 6.94. The number of hydrogen-bond donors (Lipinski definition) is 1. The van der Waals surface area contributed by atoms with Gasteiger partial charge in [0.05, 0.1) is 16.1 Å². The average Bonchev–Trinajstić information content (AvgIpc) is 2.49. The second-order valence-electron chi connectivity index (χ2n) is 4.32. The maximum absolute atomic E-state index is 5.90. The molecule has 0 fully saturated rings. The highest BCUT2D eigenvalue weighted by molar-refractivity contribution is 9.11. The Labute approximate surface area is 141 Å². The highest BCUT2D eigenvalue weighted by atomic mass is 79.9. The maximum Gasteiger partial charge on any atom is 0.143 e. The van der Waals surface area contributed by atoms with Crippen molar-refractivity contribution in [3.8, 4) is 17.2 Å². The third kappa shape index (κ3) is 4.35. The van der Waals surface area contributed by atoms with Crippen LogP contribution >= 0.6 is 31.9 Å². The minimum Gasteiger partial charge on any atom is -0.496 e. The molecule has 0 saturated carbocycles. The molecular formula is C15H16Br2N2O2. The number of methoxy groups -OCH3 is 1. The molecule has 0 amide bonds. The summed E-state index contributed by atoms with van der Waals surface area (Å²) in [5, 5.41) is 3.23. The molecule has 0 radical (unpaired) electrons. The van der Waals surface area contributed by atoms with Crippen LogP contribution in [0.1, 0.15) is 13.3 Å². The lowest BCUT2D eigenvalue weighted by Gasteiger charge is -2.12. The van der Waals surface area contributed by atoms with Gasteiger partial charge in [-0.2, -0.15) is 0 Å². The van der Waals surface area contributed by atoms with E-state index in [0.29, 0.717) is 5.75 Å². The van der Waals surface area contributed by atoms with Gasteiger partial charge in [-0.3, -0.25) is 0 Å². The van der Waals surface area contributed by atoms with Crippen molar-refractivity contribution in [2.75, 3.05) is 19.0 Å². The normalized spacial score (nSPS) is 10.3. The van der Waals surface area contributed by atoms with Crippen molar-refractivity contribution in [2.45, 2.75) is 13.3 Å². The number of rotatable bonds is 6. The first-order valence-corrected chi connectivity index (χ1v) is 8.13. The number of benzene rings is 1. The van der Waals surface area contributed by atoms with Gasteiger partial charge >= 0.3 is 0 Å². The zero-order valence-electron chi connectivity index (χ0n) is 11.8. The van der Waals surface area contributed by atoms with E-state index in [1.165, 1.54) is 0 Å². The predicted molar refractivity (Wildman–Crippen MR) is 91.5 cm³/mol. The Morgan fingerprint density at radius 3 is 2.57 bits per heavy atom. The number of anilines is 1. The Balaban J connectivity index is 2.20. The number of nitrogens with zero attached hydrogens (tertiary/aromatic N) is 1. The van der Waals surface area contributed by atoms with E-state index in [-0.39, 0.29) is 0 Å². The van der Waals surface area contributed by atoms with Gasteiger partial charge in [0.1, 0.15) is 23.1 Å². The number of nitrogens with one attached hydrogen (secondary N) is 1. The molecule has 0 atom stereocenters. The van der Waals surface area contributed by atoms with Crippen molar-refractivity contribution in [1.82, 2.24) is 4.98 Å². The molecule has 0 aliphatic rings. The molecule has 4 nitrogen and oxygen atoms in total. The van der Waals surface area contributed by atoms with E-state index in [4.69, 9.17) is 9.47 Å². The van der Waals surface area contributed by atoms with Crippen LogP contribution in [0.25, 0.3) is 0 Å². The van der Waals surface area contributed by atoms with E-state index >= 15 is 0 Å². The number of pyridine rings is 1. The summed E-state index contributed by atoms with van der Waals surface area (Å²) in [5.74, 6) is 2.98. The summed E-state index contributed by atoms with van der Waals surface area (Å²) in [6.07, 6.45) is 2.77. The number of hydrogen-bond acceptors (Lipinski definition) is 4. The van der Waals surface area contributed by atoms with E-state index in [2.05, 4.69) is 49.1 Å². The van der Waals surface area contributed by atoms with Crippen LogP contribution in [0.3, 0.4) is 0 Å². The lowest BCUT2D eigenvalue weighted by molar-refractivity contribution is 0.409. The second-order valence-corrected chi connectivity index (χ2v) is 6.03. The summed E-state index contributed by atoms with van der Waals surface area (Å²) < 4.78 is 12.8. The Bertz CT molecular complexity index is 621. The van der Waals surface area contributed by atoms with E-state index in [9.17, 15) is 0 Å². The molecule has 1 aromatic carbocycles. The van der Waals surface area contributed by atoms with Gasteiger partial charge in [-0.05, 0) is 56.5 Å². The predicted octanol–water partition coefficient (Wildman–Crippen LogP) is 5.23. The van der Waals surface area contributed by atoms with E-state index in [0.717, 1.165) is 39.2 Å². The molecule has 1 heterocycles. The van der Waals surface area contributed by atoms with E-state index in [1.807, 2.05) is 24.3 Å². The Hall–Kier alpha value is -1.27. The number of halogens is 2. The average molecular weight is 416 g/mol. The van der Waals surface area contributed by atoms with E-state index < -0.39 is 0 Å². The standard InChI is InChI=1S/C15H16Br2N2O2/c1-3-5-18-15-7-10(4-6-19-15)21-14-9-11(16)13(20-2)8-12(14)17/h4,6-9H,3,5H2,1-2H3,(H,18,19). The molecule has 0 bridgehead atoms. The van der Waals surface area contributed by atoms with Gasteiger partial charge in [0.2, 0.25) is 0 Å². The van der Waals surface area contributed by atoms with Gasteiger partial charge in [0.25, 0.3) is 0 Å². The van der Waals surface area contributed by atoms with E-state index in [1.54, 1.807) is 13.3 Å². The van der Waals surface area contributed by atoms with Crippen molar-refractivity contribution in [3.05, 3.63) is 39.4 Å². The van der Waals surface area contributed by atoms with Gasteiger partial charge in [-0.1, -0.05) is 6.92 Å². The summed E-state index contributed by atoms with van der Waals surface area (Å²) in [6, 6.07) is 7.42. The Kier molecular flexibility index (Phi) is 5.87. The number of ether oxygens (including phenoxy) is 2. The van der Waals surface area contributed by atoms with Crippen LogP contribution in [0.4, 0.5) is 5.82 Å². The molecule has 2 aromatic rings. The molecule has 0 aliphatic carbocycles. The minimum atomic E-state index is 0.704. The number of aromatic nitrogens is 1. The summed E-state index contributed by atoms with van der Waals surface area (Å²) in [6.45, 7) is 2.99. The van der Waals surface area contributed by atoms with Gasteiger partial charge < -0.3 is 14.8 Å². The minimum absolute atomic E-state index is 0.704. The van der Waals surface area contributed by atoms with Crippen molar-refractivity contribution in [1.29, 1.82) is 0 Å². The monoisotopic (exact) mass is 414 g/mol. The van der Waals surface area contributed by atoms with Crippen molar-refractivity contribution in [3.63, 3.8) is 0 Å². The van der Waals surface area contributed by atoms with Crippen LogP contribution < -0.4 is 14.8 Å². The second kappa shape index (κ2) is 7.66. The van der Waals surface area contributed by atoms with Crippen molar-refractivity contribution in [2.24, 2.45) is 0 Å². The highest BCUT2D eigenvalue weighted by Gasteiger charge is 2.09. The molecule has 112 valence electrons. The Morgan fingerprint density at radius 2 is 1.86 bits per heavy atom. The van der Waals surface area contributed by atoms with Crippen molar-refractivity contribution >= 4 is 37.7 Å². The molecule has 0 saturated heterocycles. The topological polar surface area (TPSA) is 43.4 Å². The van der Waals surface area contributed by atoms with Gasteiger partial charge in [0.15, 0.2) is 0 Å². The van der Waals surface area contributed by atoms with Crippen molar-refractivity contribution < 1.29 is 9.47 Å². The van der Waals surface area contributed by atoms with Crippen LogP contribution in [-0.2, 0) is 0 Å². The third-order valence-electron chi connectivity index (χ3n) is 2.72.